The van der Waals surface area contributed by atoms with E-state index in [2.05, 4.69) is 4.90 Å². The number of piperidine rings is 1. The van der Waals surface area contributed by atoms with Crippen LogP contribution >= 0.6 is 0 Å². The van der Waals surface area contributed by atoms with Crippen molar-refractivity contribution in [1.29, 1.82) is 0 Å². The standard InChI is InChI=1S/C21H24F2N2O2/c1-15-17(6-11-27-15)20(26)25-10-8-21(14-25)7-3-9-24(13-21)12-16-4-2-5-18(22)19(16)23/h2,4-6,11H,3,7-10,12-14H2,1H3. The van der Waals surface area contributed by atoms with Gasteiger partial charge in [-0.15, -0.1) is 0 Å². The zero-order valence-corrected chi connectivity index (χ0v) is 15.5. The third-order valence-electron chi connectivity index (χ3n) is 5.98. The molecule has 0 bridgehead atoms. The zero-order valence-electron chi connectivity index (χ0n) is 15.5. The Kier molecular flexibility index (Phi) is 4.76. The highest BCUT2D eigenvalue weighted by Gasteiger charge is 2.43. The predicted octanol–water partition coefficient (Wildman–Crippen LogP) is 3.99. The number of benzene rings is 1. The van der Waals surface area contributed by atoms with E-state index in [9.17, 15) is 13.6 Å². The van der Waals surface area contributed by atoms with E-state index in [4.69, 9.17) is 4.42 Å². The van der Waals surface area contributed by atoms with Crippen molar-refractivity contribution < 1.29 is 18.0 Å². The first kappa shape index (κ1) is 18.2. The molecule has 2 fully saturated rings. The lowest BCUT2D eigenvalue weighted by Crippen LogP contribution is -2.45. The van der Waals surface area contributed by atoms with E-state index in [1.54, 1.807) is 31.4 Å². The molecule has 2 aliphatic heterocycles. The van der Waals surface area contributed by atoms with E-state index in [0.29, 0.717) is 30.0 Å². The lowest BCUT2D eigenvalue weighted by Gasteiger charge is -2.40. The normalized spacial score (nSPS) is 23.3. The van der Waals surface area contributed by atoms with Gasteiger partial charge in [-0.1, -0.05) is 12.1 Å². The molecule has 6 heteroatoms. The van der Waals surface area contributed by atoms with Gasteiger partial charge in [-0.3, -0.25) is 9.69 Å². The Hall–Kier alpha value is -2.21. The summed E-state index contributed by atoms with van der Waals surface area (Å²) in [6, 6.07) is 6.07. The number of halogens is 2. The molecule has 1 unspecified atom stereocenters. The van der Waals surface area contributed by atoms with Gasteiger partial charge in [0.15, 0.2) is 11.6 Å². The van der Waals surface area contributed by atoms with Crippen LogP contribution < -0.4 is 0 Å². The number of hydrogen-bond acceptors (Lipinski definition) is 3. The van der Waals surface area contributed by atoms with Crippen LogP contribution in [0.25, 0.3) is 0 Å². The average Bonchev–Trinajstić information content (AvgIpc) is 3.25. The quantitative estimate of drug-likeness (QED) is 0.815. The second-order valence-electron chi connectivity index (χ2n) is 7.89. The molecule has 1 atom stereocenters. The van der Waals surface area contributed by atoms with Crippen molar-refractivity contribution in [1.82, 2.24) is 9.80 Å². The summed E-state index contributed by atoms with van der Waals surface area (Å²) < 4.78 is 32.8. The van der Waals surface area contributed by atoms with Crippen LogP contribution in [0, 0.1) is 24.0 Å². The average molecular weight is 374 g/mol. The van der Waals surface area contributed by atoms with E-state index >= 15 is 0 Å². The van der Waals surface area contributed by atoms with Crippen molar-refractivity contribution in [2.75, 3.05) is 26.2 Å². The van der Waals surface area contributed by atoms with Crippen LogP contribution in [0.15, 0.2) is 34.9 Å². The summed E-state index contributed by atoms with van der Waals surface area (Å²) in [5, 5.41) is 0. The Labute approximate surface area is 157 Å². The van der Waals surface area contributed by atoms with Crippen LogP contribution in [-0.4, -0.2) is 41.9 Å². The molecule has 1 aromatic carbocycles. The van der Waals surface area contributed by atoms with Crippen LogP contribution in [0.4, 0.5) is 8.78 Å². The van der Waals surface area contributed by atoms with Gasteiger partial charge in [0.2, 0.25) is 0 Å². The molecular weight excluding hydrogens is 350 g/mol. The van der Waals surface area contributed by atoms with Crippen molar-refractivity contribution in [3.8, 4) is 0 Å². The van der Waals surface area contributed by atoms with E-state index in [1.165, 1.54) is 0 Å². The number of furan rings is 1. The van der Waals surface area contributed by atoms with Gasteiger partial charge in [-0.25, -0.2) is 8.78 Å². The molecule has 2 aromatic rings. The molecule has 4 rings (SSSR count). The largest absolute Gasteiger partial charge is 0.469 e. The Bertz CT molecular complexity index is 850. The summed E-state index contributed by atoms with van der Waals surface area (Å²) in [5.74, 6) is -0.887. The van der Waals surface area contributed by atoms with E-state index in [1.807, 2.05) is 4.90 Å². The summed E-state index contributed by atoms with van der Waals surface area (Å²) in [6.07, 6.45) is 4.55. The Morgan fingerprint density at radius 3 is 2.81 bits per heavy atom. The number of carbonyl (C=O) groups is 1. The molecule has 0 saturated carbocycles. The number of nitrogens with zero attached hydrogens (tertiary/aromatic N) is 2. The van der Waals surface area contributed by atoms with E-state index < -0.39 is 11.6 Å². The first-order valence-electron chi connectivity index (χ1n) is 9.46. The van der Waals surface area contributed by atoms with Crippen molar-refractivity contribution >= 4 is 5.91 Å². The topological polar surface area (TPSA) is 36.7 Å². The van der Waals surface area contributed by atoms with E-state index in [0.717, 1.165) is 45.0 Å². The maximum absolute atomic E-state index is 14.0. The summed E-state index contributed by atoms with van der Waals surface area (Å²) >= 11 is 0. The highest BCUT2D eigenvalue weighted by molar-refractivity contribution is 5.95. The summed E-state index contributed by atoms with van der Waals surface area (Å²) in [4.78, 5) is 16.9. The van der Waals surface area contributed by atoms with Gasteiger partial charge in [0, 0.05) is 37.2 Å². The van der Waals surface area contributed by atoms with Crippen molar-refractivity contribution in [3.05, 3.63) is 59.1 Å². The maximum Gasteiger partial charge on any atom is 0.257 e. The summed E-state index contributed by atoms with van der Waals surface area (Å²) in [6.45, 7) is 5.31. The molecule has 0 N–H and O–H groups in total. The number of likely N-dealkylation sites (tertiary alicyclic amines) is 2. The smallest absolute Gasteiger partial charge is 0.257 e. The monoisotopic (exact) mass is 374 g/mol. The third-order valence-corrected chi connectivity index (χ3v) is 5.98. The summed E-state index contributed by atoms with van der Waals surface area (Å²) in [7, 11) is 0. The van der Waals surface area contributed by atoms with Gasteiger partial charge in [0.25, 0.3) is 5.91 Å². The number of hydrogen-bond donors (Lipinski definition) is 0. The number of aryl methyl sites for hydroxylation is 1. The first-order valence-corrected chi connectivity index (χ1v) is 9.46. The second-order valence-corrected chi connectivity index (χ2v) is 7.89. The maximum atomic E-state index is 14.0. The number of carbonyl (C=O) groups excluding carboxylic acids is 1. The van der Waals surface area contributed by atoms with Crippen LogP contribution in [0.3, 0.4) is 0 Å². The fraction of sp³-hybridized carbons (Fsp3) is 0.476. The fourth-order valence-corrected chi connectivity index (χ4v) is 4.58. The van der Waals surface area contributed by atoms with Gasteiger partial charge in [-0.05, 0) is 44.9 Å². The predicted molar refractivity (Wildman–Crippen MR) is 97.3 cm³/mol. The molecule has 0 aliphatic carbocycles. The van der Waals surface area contributed by atoms with Gasteiger partial charge >= 0.3 is 0 Å². The SMILES string of the molecule is Cc1occc1C(=O)N1CCC2(CCCN(Cc3cccc(F)c3F)C2)C1. The lowest BCUT2D eigenvalue weighted by atomic mass is 9.79. The molecular formula is C21H24F2N2O2. The molecule has 2 saturated heterocycles. The zero-order chi connectivity index (χ0) is 19.0. The van der Waals surface area contributed by atoms with Crippen molar-refractivity contribution in [2.24, 2.45) is 5.41 Å². The van der Waals surface area contributed by atoms with Crippen LogP contribution in [0.1, 0.15) is 40.9 Å². The molecule has 0 radical (unpaired) electrons. The van der Waals surface area contributed by atoms with Crippen LogP contribution in [0.2, 0.25) is 0 Å². The van der Waals surface area contributed by atoms with Gasteiger partial charge in [0.05, 0.1) is 11.8 Å². The molecule has 2 aliphatic rings. The Morgan fingerprint density at radius 2 is 2.04 bits per heavy atom. The molecule has 1 aromatic heterocycles. The molecule has 1 amide bonds. The van der Waals surface area contributed by atoms with E-state index in [-0.39, 0.29) is 11.3 Å². The van der Waals surface area contributed by atoms with Gasteiger partial charge in [-0.2, -0.15) is 0 Å². The van der Waals surface area contributed by atoms with Gasteiger partial charge in [0.1, 0.15) is 5.76 Å². The third kappa shape index (κ3) is 3.50. The molecule has 27 heavy (non-hydrogen) atoms. The fourth-order valence-electron chi connectivity index (χ4n) is 4.58. The van der Waals surface area contributed by atoms with Crippen LogP contribution in [-0.2, 0) is 6.54 Å². The summed E-state index contributed by atoms with van der Waals surface area (Å²) in [5.41, 5.74) is 1.06. The minimum absolute atomic E-state index is 0.0198. The molecule has 1 spiro atoms. The van der Waals surface area contributed by atoms with Crippen LogP contribution in [0.5, 0.6) is 0 Å². The minimum atomic E-state index is -0.799. The molecule has 144 valence electrons. The number of rotatable bonds is 3. The highest BCUT2D eigenvalue weighted by atomic mass is 19.2. The molecule has 4 nitrogen and oxygen atoms in total. The Balaban J connectivity index is 1.44. The van der Waals surface area contributed by atoms with Crippen molar-refractivity contribution in [3.63, 3.8) is 0 Å². The minimum Gasteiger partial charge on any atom is -0.469 e. The lowest BCUT2D eigenvalue weighted by molar-refractivity contribution is 0.0671. The Morgan fingerprint density at radius 1 is 1.19 bits per heavy atom. The highest BCUT2D eigenvalue weighted by Crippen LogP contribution is 2.40. The first-order chi connectivity index (χ1) is 13.0. The second kappa shape index (κ2) is 7.08. The van der Waals surface area contributed by atoms with Gasteiger partial charge < -0.3 is 9.32 Å². The number of amides is 1. The van der Waals surface area contributed by atoms with Crippen molar-refractivity contribution in [2.45, 2.75) is 32.7 Å². The molecule has 3 heterocycles.